The molecule has 1 aliphatic rings. The van der Waals surface area contributed by atoms with Gasteiger partial charge in [0.2, 0.25) is 5.91 Å². The maximum Gasteiger partial charge on any atom is 0.335 e. The van der Waals surface area contributed by atoms with E-state index in [2.05, 4.69) is 0 Å². The van der Waals surface area contributed by atoms with Gasteiger partial charge < -0.3 is 14.7 Å². The fourth-order valence-corrected chi connectivity index (χ4v) is 3.18. The summed E-state index contributed by atoms with van der Waals surface area (Å²) in [5.74, 6) is -0.0284. The van der Waals surface area contributed by atoms with Crippen molar-refractivity contribution in [3.05, 3.63) is 64.7 Å². The van der Waals surface area contributed by atoms with Crippen molar-refractivity contribution in [1.82, 2.24) is 4.90 Å². The molecule has 5 nitrogen and oxygen atoms in total. The van der Waals surface area contributed by atoms with Crippen LogP contribution in [0.25, 0.3) is 0 Å². The van der Waals surface area contributed by atoms with Gasteiger partial charge in [-0.3, -0.25) is 4.79 Å². The van der Waals surface area contributed by atoms with Crippen LogP contribution >= 0.6 is 0 Å². The lowest BCUT2D eigenvalue weighted by Crippen LogP contribution is -2.36. The van der Waals surface area contributed by atoms with Gasteiger partial charge in [0.05, 0.1) is 12.2 Å². The molecule has 0 fully saturated rings. The van der Waals surface area contributed by atoms with Gasteiger partial charge in [0.1, 0.15) is 5.75 Å². The van der Waals surface area contributed by atoms with Gasteiger partial charge in [-0.15, -0.1) is 0 Å². The number of carbonyl (C=O) groups is 2. The number of hydrogen-bond donors (Lipinski definition) is 1. The predicted octanol–water partition coefficient (Wildman–Crippen LogP) is 3.44. The summed E-state index contributed by atoms with van der Waals surface area (Å²) in [6.07, 6.45) is 1.85. The molecule has 0 aromatic heterocycles. The van der Waals surface area contributed by atoms with Crippen LogP contribution < -0.4 is 4.74 Å². The molecule has 0 saturated carbocycles. The van der Waals surface area contributed by atoms with Crippen LogP contribution in [0.2, 0.25) is 0 Å². The molecule has 5 heteroatoms. The van der Waals surface area contributed by atoms with Crippen molar-refractivity contribution in [1.29, 1.82) is 0 Å². The standard InChI is InChI=1S/C21H23NO4/c1-15-4-2-5-19(12-15)26-11-3-6-20(23)22-10-9-16-7-8-17(21(24)25)13-18(16)14-22/h2,4-5,7-8,12-13H,3,6,9-11,14H2,1H3,(H,24,25). The molecule has 3 rings (SSSR count). The molecule has 1 N–H and O–H groups in total. The highest BCUT2D eigenvalue weighted by molar-refractivity contribution is 5.88. The molecule has 0 atom stereocenters. The van der Waals surface area contributed by atoms with Crippen molar-refractivity contribution in [2.45, 2.75) is 32.7 Å². The van der Waals surface area contributed by atoms with E-state index in [1.165, 1.54) is 0 Å². The Kier molecular flexibility index (Phi) is 5.56. The average Bonchev–Trinajstić information content (AvgIpc) is 2.64. The van der Waals surface area contributed by atoms with Crippen LogP contribution in [0, 0.1) is 6.92 Å². The molecular weight excluding hydrogens is 330 g/mol. The number of benzene rings is 2. The largest absolute Gasteiger partial charge is 0.494 e. The number of amides is 1. The topological polar surface area (TPSA) is 66.8 Å². The molecule has 0 bridgehead atoms. The maximum atomic E-state index is 12.4. The Hall–Kier alpha value is -2.82. The number of fused-ring (bicyclic) bond motifs is 1. The summed E-state index contributed by atoms with van der Waals surface area (Å²) in [4.78, 5) is 25.4. The number of carboxylic acid groups (broad SMARTS) is 1. The van der Waals surface area contributed by atoms with E-state index in [0.29, 0.717) is 32.5 Å². The molecule has 0 saturated heterocycles. The monoisotopic (exact) mass is 353 g/mol. The van der Waals surface area contributed by atoms with Gasteiger partial charge in [0.25, 0.3) is 0 Å². The number of ether oxygens (including phenoxy) is 1. The second kappa shape index (κ2) is 8.04. The first-order chi connectivity index (χ1) is 12.5. The van der Waals surface area contributed by atoms with Crippen molar-refractivity contribution < 1.29 is 19.4 Å². The molecular formula is C21H23NO4. The number of aromatic carboxylic acids is 1. The Labute approximate surface area is 153 Å². The molecule has 0 radical (unpaired) electrons. The van der Waals surface area contributed by atoms with E-state index in [4.69, 9.17) is 9.84 Å². The molecule has 26 heavy (non-hydrogen) atoms. The average molecular weight is 353 g/mol. The fourth-order valence-electron chi connectivity index (χ4n) is 3.18. The molecule has 1 heterocycles. The maximum absolute atomic E-state index is 12.4. The van der Waals surface area contributed by atoms with Crippen LogP contribution in [-0.2, 0) is 17.8 Å². The van der Waals surface area contributed by atoms with E-state index in [1.807, 2.05) is 37.3 Å². The summed E-state index contributed by atoms with van der Waals surface area (Å²) in [7, 11) is 0. The van der Waals surface area contributed by atoms with Gasteiger partial charge in [0.15, 0.2) is 0 Å². The van der Waals surface area contributed by atoms with Crippen LogP contribution in [-0.4, -0.2) is 35.0 Å². The fraction of sp³-hybridized carbons (Fsp3) is 0.333. The Morgan fingerprint density at radius 2 is 2.00 bits per heavy atom. The summed E-state index contributed by atoms with van der Waals surface area (Å²) in [6, 6.07) is 13.0. The van der Waals surface area contributed by atoms with E-state index in [-0.39, 0.29) is 11.5 Å². The Morgan fingerprint density at radius 1 is 1.15 bits per heavy atom. The highest BCUT2D eigenvalue weighted by atomic mass is 16.5. The zero-order valence-corrected chi connectivity index (χ0v) is 14.9. The van der Waals surface area contributed by atoms with Crippen molar-refractivity contribution in [3.63, 3.8) is 0 Å². The molecule has 0 unspecified atom stereocenters. The SMILES string of the molecule is Cc1cccc(OCCCC(=O)N2CCc3ccc(C(=O)O)cc3C2)c1. The summed E-state index contributed by atoms with van der Waals surface area (Å²) in [6.45, 7) is 3.67. The summed E-state index contributed by atoms with van der Waals surface area (Å²) in [5, 5.41) is 9.12. The predicted molar refractivity (Wildman–Crippen MR) is 98.4 cm³/mol. The van der Waals surface area contributed by atoms with Gasteiger partial charge in [-0.1, -0.05) is 18.2 Å². The number of carbonyl (C=O) groups excluding carboxylic acids is 1. The number of aryl methyl sites for hydroxylation is 1. The third-order valence-corrected chi connectivity index (χ3v) is 4.61. The molecule has 0 spiro atoms. The van der Waals surface area contributed by atoms with Gasteiger partial charge in [0, 0.05) is 19.5 Å². The van der Waals surface area contributed by atoms with Crippen LogP contribution in [0.3, 0.4) is 0 Å². The van der Waals surface area contributed by atoms with E-state index in [1.54, 1.807) is 17.0 Å². The molecule has 2 aromatic rings. The Balaban J connectivity index is 1.49. The van der Waals surface area contributed by atoms with Crippen LogP contribution in [0.15, 0.2) is 42.5 Å². The third kappa shape index (κ3) is 4.42. The normalized spacial score (nSPS) is 13.2. The first-order valence-electron chi connectivity index (χ1n) is 8.85. The minimum Gasteiger partial charge on any atom is -0.494 e. The first-order valence-corrected chi connectivity index (χ1v) is 8.85. The molecule has 2 aromatic carbocycles. The zero-order valence-electron chi connectivity index (χ0n) is 14.9. The zero-order chi connectivity index (χ0) is 18.5. The highest BCUT2D eigenvalue weighted by Gasteiger charge is 2.21. The lowest BCUT2D eigenvalue weighted by Gasteiger charge is -2.29. The van der Waals surface area contributed by atoms with E-state index in [0.717, 1.165) is 28.9 Å². The van der Waals surface area contributed by atoms with Gasteiger partial charge in [-0.25, -0.2) is 4.79 Å². The number of carboxylic acids is 1. The first kappa shape index (κ1) is 18.0. The highest BCUT2D eigenvalue weighted by Crippen LogP contribution is 2.21. The minimum atomic E-state index is -0.940. The van der Waals surface area contributed by atoms with E-state index < -0.39 is 5.97 Å². The second-order valence-electron chi connectivity index (χ2n) is 6.62. The molecule has 1 aliphatic heterocycles. The molecule has 136 valence electrons. The minimum absolute atomic E-state index is 0.0872. The summed E-state index contributed by atoms with van der Waals surface area (Å²) < 4.78 is 5.69. The lowest BCUT2D eigenvalue weighted by molar-refractivity contribution is -0.132. The van der Waals surface area contributed by atoms with Gasteiger partial charge >= 0.3 is 5.97 Å². The lowest BCUT2D eigenvalue weighted by atomic mass is 9.97. The molecule has 0 aliphatic carbocycles. The van der Waals surface area contributed by atoms with E-state index >= 15 is 0 Å². The van der Waals surface area contributed by atoms with Crippen molar-refractivity contribution in [3.8, 4) is 5.75 Å². The number of nitrogens with zero attached hydrogens (tertiary/aromatic N) is 1. The third-order valence-electron chi connectivity index (χ3n) is 4.61. The van der Waals surface area contributed by atoms with E-state index in [9.17, 15) is 9.59 Å². The Morgan fingerprint density at radius 3 is 2.77 bits per heavy atom. The van der Waals surface area contributed by atoms with Crippen molar-refractivity contribution in [2.75, 3.05) is 13.2 Å². The summed E-state index contributed by atoms with van der Waals surface area (Å²) >= 11 is 0. The van der Waals surface area contributed by atoms with Crippen LogP contribution in [0.1, 0.15) is 39.9 Å². The second-order valence-corrected chi connectivity index (χ2v) is 6.62. The van der Waals surface area contributed by atoms with Crippen LogP contribution in [0.4, 0.5) is 0 Å². The van der Waals surface area contributed by atoms with Crippen molar-refractivity contribution in [2.24, 2.45) is 0 Å². The van der Waals surface area contributed by atoms with Gasteiger partial charge in [-0.05, 0) is 60.7 Å². The Bertz CT molecular complexity index is 815. The van der Waals surface area contributed by atoms with Crippen LogP contribution in [0.5, 0.6) is 5.75 Å². The summed E-state index contributed by atoms with van der Waals surface area (Å²) in [5.41, 5.74) is 3.47. The molecule has 1 amide bonds. The quantitative estimate of drug-likeness (QED) is 0.808. The number of rotatable bonds is 6. The van der Waals surface area contributed by atoms with Gasteiger partial charge in [-0.2, -0.15) is 0 Å². The van der Waals surface area contributed by atoms with Crippen molar-refractivity contribution >= 4 is 11.9 Å². The smallest absolute Gasteiger partial charge is 0.335 e. The number of hydrogen-bond acceptors (Lipinski definition) is 3.